The molecule has 98 valence electrons. The molecule has 3 atom stereocenters. The maximum atomic E-state index is 5.43. The fraction of sp³-hybridized carbons (Fsp3) is 0.929. The lowest BCUT2D eigenvalue weighted by molar-refractivity contribution is 0.246. The standard InChI is InChI=1S/C14H26N2S/c1-10-7-8-13(11(2)9-10)16-14(17)15-12-5-3-4-6-12/h10-13H,3-9H2,1-2H3,(H2,15,16,17). The third-order valence-electron chi connectivity index (χ3n) is 4.44. The van der Waals surface area contributed by atoms with Crippen molar-refractivity contribution in [3.63, 3.8) is 0 Å². The summed E-state index contributed by atoms with van der Waals surface area (Å²) in [5, 5.41) is 7.91. The van der Waals surface area contributed by atoms with Gasteiger partial charge in [-0.25, -0.2) is 0 Å². The van der Waals surface area contributed by atoms with Crippen LogP contribution < -0.4 is 10.6 Å². The largest absolute Gasteiger partial charge is 0.360 e. The molecule has 0 aromatic rings. The molecule has 2 aliphatic carbocycles. The van der Waals surface area contributed by atoms with E-state index in [0.717, 1.165) is 16.9 Å². The second-order valence-electron chi connectivity index (χ2n) is 6.10. The first-order valence-electron chi connectivity index (χ1n) is 7.22. The molecule has 2 N–H and O–H groups in total. The maximum Gasteiger partial charge on any atom is 0.166 e. The summed E-state index contributed by atoms with van der Waals surface area (Å²) in [6.07, 6.45) is 9.25. The molecule has 2 aliphatic rings. The molecule has 0 amide bonds. The van der Waals surface area contributed by atoms with Crippen LogP contribution in [0.4, 0.5) is 0 Å². The van der Waals surface area contributed by atoms with Crippen molar-refractivity contribution >= 4 is 17.3 Å². The van der Waals surface area contributed by atoms with Crippen LogP contribution in [0, 0.1) is 11.8 Å². The van der Waals surface area contributed by atoms with Crippen LogP contribution in [0.1, 0.15) is 58.8 Å². The molecule has 0 aliphatic heterocycles. The summed E-state index contributed by atoms with van der Waals surface area (Å²) in [5.74, 6) is 1.64. The number of hydrogen-bond acceptors (Lipinski definition) is 1. The average Bonchev–Trinajstić information content (AvgIpc) is 2.75. The summed E-state index contributed by atoms with van der Waals surface area (Å²) in [6, 6.07) is 1.22. The van der Waals surface area contributed by atoms with Crippen molar-refractivity contribution in [2.75, 3.05) is 0 Å². The van der Waals surface area contributed by atoms with Gasteiger partial charge < -0.3 is 10.6 Å². The molecule has 0 bridgehead atoms. The molecule has 2 fully saturated rings. The molecule has 0 aromatic carbocycles. The molecular formula is C14H26N2S. The SMILES string of the molecule is CC1CCC(NC(=S)NC2CCCC2)C(C)C1. The van der Waals surface area contributed by atoms with E-state index in [1.807, 2.05) is 0 Å². The van der Waals surface area contributed by atoms with Crippen LogP contribution in [0.2, 0.25) is 0 Å². The smallest absolute Gasteiger partial charge is 0.166 e. The predicted molar refractivity (Wildman–Crippen MR) is 77.1 cm³/mol. The van der Waals surface area contributed by atoms with Crippen molar-refractivity contribution in [1.29, 1.82) is 0 Å². The van der Waals surface area contributed by atoms with Crippen LogP contribution in [0.3, 0.4) is 0 Å². The molecule has 3 unspecified atom stereocenters. The second kappa shape index (κ2) is 6.03. The molecule has 3 heteroatoms. The molecule has 2 nitrogen and oxygen atoms in total. The van der Waals surface area contributed by atoms with Crippen LogP contribution in [0.25, 0.3) is 0 Å². The van der Waals surface area contributed by atoms with Crippen LogP contribution in [0.15, 0.2) is 0 Å². The van der Waals surface area contributed by atoms with Crippen LogP contribution in [-0.4, -0.2) is 17.2 Å². The number of rotatable bonds is 2. The van der Waals surface area contributed by atoms with E-state index in [-0.39, 0.29) is 0 Å². The zero-order valence-corrected chi connectivity index (χ0v) is 12.0. The minimum Gasteiger partial charge on any atom is -0.360 e. The Balaban J connectivity index is 1.73. The van der Waals surface area contributed by atoms with Gasteiger partial charge in [0, 0.05) is 12.1 Å². The molecule has 0 saturated heterocycles. The van der Waals surface area contributed by atoms with Crippen molar-refractivity contribution in [1.82, 2.24) is 10.6 Å². The number of hydrogen-bond donors (Lipinski definition) is 2. The van der Waals surface area contributed by atoms with Crippen molar-refractivity contribution in [3.8, 4) is 0 Å². The van der Waals surface area contributed by atoms with E-state index in [2.05, 4.69) is 24.5 Å². The van der Waals surface area contributed by atoms with Gasteiger partial charge in [-0.2, -0.15) is 0 Å². The Hall–Kier alpha value is -0.310. The van der Waals surface area contributed by atoms with Crippen LogP contribution in [0.5, 0.6) is 0 Å². The van der Waals surface area contributed by atoms with Crippen molar-refractivity contribution in [3.05, 3.63) is 0 Å². The Morgan fingerprint density at radius 1 is 1.00 bits per heavy atom. The predicted octanol–water partition coefficient (Wildman–Crippen LogP) is 3.22. The summed E-state index contributed by atoms with van der Waals surface area (Å²) in [4.78, 5) is 0. The topological polar surface area (TPSA) is 24.1 Å². The Bertz CT molecular complexity index is 261. The summed E-state index contributed by atoms with van der Waals surface area (Å²) < 4.78 is 0. The van der Waals surface area contributed by atoms with Gasteiger partial charge in [0.2, 0.25) is 0 Å². The van der Waals surface area contributed by atoms with E-state index in [9.17, 15) is 0 Å². The minimum absolute atomic E-state index is 0.590. The molecule has 0 spiro atoms. The Labute approximate surface area is 111 Å². The Morgan fingerprint density at radius 2 is 1.71 bits per heavy atom. The van der Waals surface area contributed by atoms with Gasteiger partial charge in [0.05, 0.1) is 0 Å². The first kappa shape index (κ1) is 13.1. The van der Waals surface area contributed by atoms with Crippen molar-refractivity contribution in [2.45, 2.75) is 70.9 Å². The highest BCUT2D eigenvalue weighted by Gasteiger charge is 2.26. The lowest BCUT2D eigenvalue weighted by Gasteiger charge is -2.34. The van der Waals surface area contributed by atoms with E-state index >= 15 is 0 Å². The molecular weight excluding hydrogens is 228 g/mol. The summed E-state index contributed by atoms with van der Waals surface area (Å²) in [6.45, 7) is 4.72. The quantitative estimate of drug-likeness (QED) is 0.740. The third kappa shape index (κ3) is 3.84. The fourth-order valence-electron chi connectivity index (χ4n) is 3.35. The molecule has 17 heavy (non-hydrogen) atoms. The highest BCUT2D eigenvalue weighted by molar-refractivity contribution is 7.80. The lowest BCUT2D eigenvalue weighted by Crippen LogP contribution is -2.48. The van der Waals surface area contributed by atoms with Crippen molar-refractivity contribution < 1.29 is 0 Å². The van der Waals surface area contributed by atoms with E-state index in [1.165, 1.54) is 44.9 Å². The molecule has 2 saturated carbocycles. The Morgan fingerprint density at radius 3 is 2.35 bits per heavy atom. The van der Waals surface area contributed by atoms with Gasteiger partial charge >= 0.3 is 0 Å². The summed E-state index contributed by atoms with van der Waals surface area (Å²) in [7, 11) is 0. The maximum absolute atomic E-state index is 5.43. The Kier molecular flexibility index (Phi) is 4.66. The third-order valence-corrected chi connectivity index (χ3v) is 4.67. The van der Waals surface area contributed by atoms with Crippen LogP contribution in [-0.2, 0) is 0 Å². The van der Waals surface area contributed by atoms with E-state index in [4.69, 9.17) is 12.2 Å². The molecule has 0 heterocycles. The highest BCUT2D eigenvalue weighted by atomic mass is 32.1. The first-order chi connectivity index (χ1) is 8.15. The normalized spacial score (nSPS) is 34.6. The van der Waals surface area contributed by atoms with Gasteiger partial charge in [0.1, 0.15) is 0 Å². The zero-order chi connectivity index (χ0) is 12.3. The fourth-order valence-corrected chi connectivity index (χ4v) is 3.66. The van der Waals surface area contributed by atoms with E-state index in [1.54, 1.807) is 0 Å². The summed E-state index contributed by atoms with van der Waals surface area (Å²) in [5.41, 5.74) is 0. The lowest BCUT2D eigenvalue weighted by atomic mass is 9.80. The van der Waals surface area contributed by atoms with Crippen LogP contribution >= 0.6 is 12.2 Å². The first-order valence-corrected chi connectivity index (χ1v) is 7.63. The van der Waals surface area contributed by atoms with Gasteiger partial charge in [-0.15, -0.1) is 0 Å². The van der Waals surface area contributed by atoms with Gasteiger partial charge in [-0.3, -0.25) is 0 Å². The number of thiocarbonyl (C=S) groups is 1. The molecule has 0 radical (unpaired) electrons. The van der Waals surface area contributed by atoms with Gasteiger partial charge in [-0.05, 0) is 56.2 Å². The van der Waals surface area contributed by atoms with E-state index < -0.39 is 0 Å². The van der Waals surface area contributed by atoms with Gasteiger partial charge in [0.25, 0.3) is 0 Å². The average molecular weight is 254 g/mol. The van der Waals surface area contributed by atoms with E-state index in [0.29, 0.717) is 12.1 Å². The van der Waals surface area contributed by atoms with Gasteiger partial charge in [-0.1, -0.05) is 26.7 Å². The van der Waals surface area contributed by atoms with Gasteiger partial charge in [0.15, 0.2) is 5.11 Å². The monoisotopic (exact) mass is 254 g/mol. The van der Waals surface area contributed by atoms with Crippen molar-refractivity contribution in [2.24, 2.45) is 11.8 Å². The summed E-state index contributed by atoms with van der Waals surface area (Å²) >= 11 is 5.43. The minimum atomic E-state index is 0.590. The molecule has 2 rings (SSSR count). The number of nitrogens with one attached hydrogen (secondary N) is 2. The molecule has 0 aromatic heterocycles. The second-order valence-corrected chi connectivity index (χ2v) is 6.51. The zero-order valence-electron chi connectivity index (χ0n) is 11.2. The highest BCUT2D eigenvalue weighted by Crippen LogP contribution is 2.28.